The Hall–Kier alpha value is -4.19. The standard InChI is InChI=1S/C35H44N4O7S/c1-6-7-8-9-10-12-25(38-34(43)46-35(2,3)4)32(40)39-20-22(18-28(39)33(41)42)45-29-19-27(31-37-24-13-11-14-30(24)47-31)36-26-17-21(44-5)15-16-23(26)29/h6,15-17,19,22,25,28H,1,7-14,18,20H2,2-5H3,(H,38,43)(H,41,42)/t22-,25+,28+/m1/s1. The molecule has 0 bridgehead atoms. The van der Waals surface area contributed by atoms with Crippen molar-refractivity contribution in [1.82, 2.24) is 20.2 Å². The van der Waals surface area contributed by atoms with Gasteiger partial charge in [0.25, 0.3) is 0 Å². The van der Waals surface area contributed by atoms with Crippen LogP contribution in [0, 0.1) is 0 Å². The minimum atomic E-state index is -1.13. The smallest absolute Gasteiger partial charge is 0.408 e. The summed E-state index contributed by atoms with van der Waals surface area (Å²) in [4.78, 5) is 51.5. The van der Waals surface area contributed by atoms with Gasteiger partial charge in [-0.3, -0.25) is 4.79 Å². The summed E-state index contributed by atoms with van der Waals surface area (Å²) in [6, 6.07) is 5.30. The molecule has 1 saturated heterocycles. The molecule has 5 rings (SSSR count). The monoisotopic (exact) mass is 664 g/mol. The lowest BCUT2D eigenvalue weighted by Gasteiger charge is -2.28. The molecule has 3 atom stereocenters. The van der Waals surface area contributed by atoms with E-state index in [0.29, 0.717) is 35.6 Å². The lowest BCUT2D eigenvalue weighted by Crippen LogP contribution is -2.52. The molecule has 0 unspecified atom stereocenters. The summed E-state index contributed by atoms with van der Waals surface area (Å²) < 4.78 is 17.4. The Morgan fingerprint density at radius 3 is 2.68 bits per heavy atom. The van der Waals surface area contributed by atoms with E-state index >= 15 is 0 Å². The molecular formula is C35H44N4O7S. The number of carboxylic acids is 1. The second-order valence-corrected chi connectivity index (χ2v) is 14.2. The summed E-state index contributed by atoms with van der Waals surface area (Å²) in [7, 11) is 1.59. The number of thiazole rings is 1. The number of alkyl carbamates (subject to hydrolysis) is 1. The number of allylic oxidation sites excluding steroid dienone is 1. The van der Waals surface area contributed by atoms with Gasteiger partial charge >= 0.3 is 12.1 Å². The number of aryl methyl sites for hydroxylation is 2. The van der Waals surface area contributed by atoms with Gasteiger partial charge in [-0.1, -0.05) is 18.9 Å². The Labute approximate surface area is 279 Å². The lowest BCUT2D eigenvalue weighted by atomic mass is 10.1. The molecular weight excluding hydrogens is 620 g/mol. The molecule has 3 aromatic rings. The highest BCUT2D eigenvalue weighted by atomic mass is 32.1. The number of aromatic nitrogens is 2. The number of likely N-dealkylation sites (tertiary alicyclic amines) is 1. The van der Waals surface area contributed by atoms with Gasteiger partial charge in [0.2, 0.25) is 5.91 Å². The van der Waals surface area contributed by atoms with Gasteiger partial charge in [-0.15, -0.1) is 17.9 Å². The number of carboxylic acid groups (broad SMARTS) is 1. The summed E-state index contributed by atoms with van der Waals surface area (Å²) >= 11 is 1.63. The normalized spacial score (nSPS) is 18.1. The first kappa shape index (κ1) is 34.2. The van der Waals surface area contributed by atoms with Gasteiger partial charge < -0.3 is 29.5 Å². The number of aliphatic carboxylic acids is 1. The van der Waals surface area contributed by atoms with Crippen molar-refractivity contribution in [1.29, 1.82) is 0 Å². The lowest BCUT2D eigenvalue weighted by molar-refractivity contribution is -0.149. The number of methoxy groups -OCH3 is 1. The molecule has 2 amide bonds. The average molecular weight is 665 g/mol. The highest BCUT2D eigenvalue weighted by molar-refractivity contribution is 7.15. The molecule has 3 heterocycles. The van der Waals surface area contributed by atoms with Crippen molar-refractivity contribution in [2.24, 2.45) is 0 Å². The first-order valence-corrected chi connectivity index (χ1v) is 17.1. The van der Waals surface area contributed by atoms with E-state index in [1.165, 1.54) is 9.78 Å². The number of hydrogen-bond acceptors (Lipinski definition) is 9. The van der Waals surface area contributed by atoms with Crippen LogP contribution < -0.4 is 14.8 Å². The first-order chi connectivity index (χ1) is 22.5. The van der Waals surface area contributed by atoms with Gasteiger partial charge in [-0.2, -0.15) is 0 Å². The largest absolute Gasteiger partial charge is 0.497 e. The molecule has 2 aromatic heterocycles. The van der Waals surface area contributed by atoms with Gasteiger partial charge in [0.05, 0.1) is 24.9 Å². The predicted octanol–water partition coefficient (Wildman–Crippen LogP) is 6.32. The van der Waals surface area contributed by atoms with Crippen molar-refractivity contribution >= 4 is 40.2 Å². The summed E-state index contributed by atoms with van der Waals surface area (Å²) in [6.07, 6.45) is 7.29. The van der Waals surface area contributed by atoms with Crippen LogP contribution in [0.4, 0.5) is 4.79 Å². The Morgan fingerprint density at radius 2 is 1.98 bits per heavy atom. The number of pyridine rings is 1. The van der Waals surface area contributed by atoms with Gasteiger partial charge in [0.1, 0.15) is 46.0 Å². The molecule has 0 spiro atoms. The number of amides is 2. The van der Waals surface area contributed by atoms with Crippen LogP contribution in [0.1, 0.15) is 76.3 Å². The minimum absolute atomic E-state index is 0.0413. The number of nitrogens with one attached hydrogen (secondary N) is 1. The molecule has 1 fully saturated rings. The Bertz CT molecular complexity index is 1610. The van der Waals surface area contributed by atoms with Crippen LogP contribution in [0.15, 0.2) is 36.9 Å². The Balaban J connectivity index is 1.39. The second-order valence-electron chi connectivity index (χ2n) is 13.1. The average Bonchev–Trinajstić information content (AvgIpc) is 3.74. The van der Waals surface area contributed by atoms with E-state index < -0.39 is 41.8 Å². The number of unbranched alkanes of at least 4 members (excludes halogenated alkanes) is 3. The van der Waals surface area contributed by atoms with E-state index in [2.05, 4.69) is 11.9 Å². The van der Waals surface area contributed by atoms with E-state index in [-0.39, 0.29) is 13.0 Å². The van der Waals surface area contributed by atoms with Crippen molar-refractivity contribution in [2.45, 2.75) is 102 Å². The fourth-order valence-electron chi connectivity index (χ4n) is 6.07. The van der Waals surface area contributed by atoms with Crippen LogP contribution in [-0.2, 0) is 27.2 Å². The zero-order valence-electron chi connectivity index (χ0n) is 27.5. The van der Waals surface area contributed by atoms with Crippen molar-refractivity contribution in [3.63, 3.8) is 0 Å². The zero-order valence-corrected chi connectivity index (χ0v) is 28.4. The number of nitrogens with zero attached hydrogens (tertiary/aromatic N) is 3. The quantitative estimate of drug-likeness (QED) is 0.159. The summed E-state index contributed by atoms with van der Waals surface area (Å²) in [5.74, 6) is -0.433. The van der Waals surface area contributed by atoms with Crippen molar-refractivity contribution < 1.29 is 33.7 Å². The molecule has 11 nitrogen and oxygen atoms in total. The fourth-order valence-corrected chi connectivity index (χ4v) is 7.18. The molecule has 12 heteroatoms. The van der Waals surface area contributed by atoms with E-state index in [1.807, 2.05) is 30.3 Å². The highest BCUT2D eigenvalue weighted by Gasteiger charge is 2.43. The van der Waals surface area contributed by atoms with Crippen molar-refractivity contribution in [2.75, 3.05) is 13.7 Å². The topological polar surface area (TPSA) is 140 Å². The van der Waals surface area contributed by atoms with Crippen LogP contribution in [0.3, 0.4) is 0 Å². The third-order valence-corrected chi connectivity index (χ3v) is 9.49. The van der Waals surface area contributed by atoms with Gasteiger partial charge in [0.15, 0.2) is 0 Å². The molecule has 1 aliphatic heterocycles. The maximum Gasteiger partial charge on any atom is 0.408 e. The molecule has 0 saturated carbocycles. The van der Waals surface area contributed by atoms with Crippen LogP contribution in [0.5, 0.6) is 11.5 Å². The zero-order chi connectivity index (χ0) is 33.7. The van der Waals surface area contributed by atoms with Crippen molar-refractivity contribution in [3.05, 3.63) is 47.5 Å². The predicted molar refractivity (Wildman–Crippen MR) is 180 cm³/mol. The molecule has 0 radical (unpaired) electrons. The van der Waals surface area contributed by atoms with Gasteiger partial charge in [-0.25, -0.2) is 19.6 Å². The van der Waals surface area contributed by atoms with Crippen LogP contribution in [-0.4, -0.2) is 75.4 Å². The number of hydrogen-bond donors (Lipinski definition) is 2. The van der Waals surface area contributed by atoms with E-state index in [4.69, 9.17) is 24.2 Å². The number of carbonyl (C=O) groups excluding carboxylic acids is 2. The minimum Gasteiger partial charge on any atom is -0.497 e. The van der Waals surface area contributed by atoms with E-state index in [1.54, 1.807) is 39.2 Å². The number of carbonyl (C=O) groups is 3. The second kappa shape index (κ2) is 14.7. The van der Waals surface area contributed by atoms with Gasteiger partial charge in [0, 0.05) is 28.8 Å². The highest BCUT2D eigenvalue weighted by Crippen LogP contribution is 2.38. The molecule has 2 N–H and O–H groups in total. The third-order valence-electron chi connectivity index (χ3n) is 8.31. The number of benzene rings is 1. The number of ether oxygens (including phenoxy) is 3. The molecule has 2 aliphatic rings. The van der Waals surface area contributed by atoms with E-state index in [9.17, 15) is 19.5 Å². The van der Waals surface area contributed by atoms with Crippen LogP contribution in [0.2, 0.25) is 0 Å². The fraction of sp³-hybridized carbons (Fsp3) is 0.514. The number of fused-ring (bicyclic) bond motifs is 2. The Kier molecular flexibility index (Phi) is 10.7. The van der Waals surface area contributed by atoms with Crippen LogP contribution in [0.25, 0.3) is 21.6 Å². The van der Waals surface area contributed by atoms with E-state index in [0.717, 1.165) is 54.6 Å². The SMILES string of the molecule is C=CCCCCC[C@H](NC(=O)OC(C)(C)C)C(=O)N1C[C@H](Oc2cc(-c3nc4c(s3)CCC4)nc3cc(OC)ccc23)C[C@H]1C(=O)O. The molecule has 1 aliphatic carbocycles. The summed E-state index contributed by atoms with van der Waals surface area (Å²) in [5, 5.41) is 14.4. The summed E-state index contributed by atoms with van der Waals surface area (Å²) in [6.45, 7) is 9.02. The maximum absolute atomic E-state index is 14.0. The van der Waals surface area contributed by atoms with Crippen LogP contribution >= 0.6 is 11.3 Å². The molecule has 47 heavy (non-hydrogen) atoms. The first-order valence-electron chi connectivity index (χ1n) is 16.2. The summed E-state index contributed by atoms with van der Waals surface area (Å²) in [5.41, 5.74) is 1.68. The third kappa shape index (κ3) is 8.40. The number of rotatable bonds is 13. The van der Waals surface area contributed by atoms with Gasteiger partial charge in [-0.05, 0) is 71.4 Å². The molecule has 1 aromatic carbocycles. The maximum atomic E-state index is 14.0. The Morgan fingerprint density at radius 1 is 1.17 bits per heavy atom. The van der Waals surface area contributed by atoms with Crippen molar-refractivity contribution in [3.8, 4) is 22.2 Å². The molecule has 252 valence electrons.